The number of nitrogens with one attached hydrogen (secondary N) is 2. The number of carbonyl (C=O) groups excluding carboxylic acids is 1. The van der Waals surface area contributed by atoms with Crippen LogP contribution in [0, 0.1) is 11.3 Å². The topological polar surface area (TPSA) is 66.6 Å². The molecular weight excluding hydrogens is 266 g/mol. The predicted octanol–water partition coefficient (Wildman–Crippen LogP) is 0.577. The van der Waals surface area contributed by atoms with Crippen LogP contribution in [0.1, 0.15) is 26.3 Å². The molecule has 0 bridgehead atoms. The molecule has 5 nitrogen and oxygen atoms in total. The van der Waals surface area contributed by atoms with Crippen molar-refractivity contribution in [3.05, 3.63) is 29.8 Å². The zero-order chi connectivity index (χ0) is 15.4. The SMILES string of the molecule is C[C@@H]1C[NH+]([C@@H](C)C(=O)Nc2cccc(C#N)c2)C[C@@H](C)O1. The third kappa shape index (κ3) is 4.03. The predicted molar refractivity (Wildman–Crippen MR) is 80.0 cm³/mol. The summed E-state index contributed by atoms with van der Waals surface area (Å²) in [6.45, 7) is 7.67. The molecule has 0 radical (unpaired) electrons. The highest BCUT2D eigenvalue weighted by atomic mass is 16.5. The van der Waals surface area contributed by atoms with Crippen LogP contribution in [-0.2, 0) is 9.53 Å². The van der Waals surface area contributed by atoms with Gasteiger partial charge in [0, 0.05) is 5.69 Å². The number of hydrogen-bond acceptors (Lipinski definition) is 3. The molecule has 1 fully saturated rings. The fraction of sp³-hybridized carbons (Fsp3) is 0.500. The molecular formula is C16H22N3O2+. The summed E-state index contributed by atoms with van der Waals surface area (Å²) >= 11 is 0. The van der Waals surface area contributed by atoms with Crippen LogP contribution in [0.15, 0.2) is 24.3 Å². The first-order valence-electron chi connectivity index (χ1n) is 7.30. The van der Waals surface area contributed by atoms with E-state index in [2.05, 4.69) is 11.4 Å². The van der Waals surface area contributed by atoms with E-state index in [0.29, 0.717) is 11.3 Å². The third-order valence-electron chi connectivity index (χ3n) is 3.83. The zero-order valence-electron chi connectivity index (χ0n) is 12.7. The minimum absolute atomic E-state index is 0.0265. The van der Waals surface area contributed by atoms with Crippen molar-refractivity contribution in [2.45, 2.75) is 39.0 Å². The van der Waals surface area contributed by atoms with Crippen molar-refractivity contribution in [3.63, 3.8) is 0 Å². The monoisotopic (exact) mass is 288 g/mol. The van der Waals surface area contributed by atoms with Crippen LogP contribution >= 0.6 is 0 Å². The van der Waals surface area contributed by atoms with Gasteiger partial charge in [-0.2, -0.15) is 5.26 Å². The molecule has 21 heavy (non-hydrogen) atoms. The van der Waals surface area contributed by atoms with Gasteiger partial charge in [-0.1, -0.05) is 6.07 Å². The van der Waals surface area contributed by atoms with E-state index in [1.54, 1.807) is 24.3 Å². The number of anilines is 1. The van der Waals surface area contributed by atoms with E-state index in [1.807, 2.05) is 20.8 Å². The molecule has 0 unspecified atom stereocenters. The van der Waals surface area contributed by atoms with Gasteiger partial charge in [-0.3, -0.25) is 4.79 Å². The lowest BCUT2D eigenvalue weighted by atomic mass is 10.1. The number of quaternary nitrogens is 1. The van der Waals surface area contributed by atoms with Crippen LogP contribution in [-0.4, -0.2) is 37.2 Å². The highest BCUT2D eigenvalue weighted by Crippen LogP contribution is 2.10. The number of nitrogens with zero attached hydrogens (tertiary/aromatic N) is 1. The van der Waals surface area contributed by atoms with Crippen LogP contribution < -0.4 is 10.2 Å². The first-order chi connectivity index (χ1) is 9.99. The summed E-state index contributed by atoms with van der Waals surface area (Å²) in [5.74, 6) is -0.0265. The summed E-state index contributed by atoms with van der Waals surface area (Å²) in [7, 11) is 0. The molecule has 5 heteroatoms. The largest absolute Gasteiger partial charge is 0.364 e. The molecule has 2 N–H and O–H groups in total. The van der Waals surface area contributed by atoms with Crippen molar-refractivity contribution in [1.82, 2.24) is 0 Å². The van der Waals surface area contributed by atoms with Gasteiger partial charge in [0.15, 0.2) is 6.04 Å². The summed E-state index contributed by atoms with van der Waals surface area (Å²) < 4.78 is 5.71. The van der Waals surface area contributed by atoms with Crippen molar-refractivity contribution in [2.24, 2.45) is 0 Å². The van der Waals surface area contributed by atoms with Gasteiger partial charge in [-0.15, -0.1) is 0 Å². The molecule has 1 amide bonds. The lowest BCUT2D eigenvalue weighted by Crippen LogP contribution is -3.19. The van der Waals surface area contributed by atoms with E-state index < -0.39 is 0 Å². The van der Waals surface area contributed by atoms with Gasteiger partial charge in [0.2, 0.25) is 0 Å². The molecule has 2 rings (SSSR count). The summed E-state index contributed by atoms with van der Waals surface area (Å²) in [6, 6.07) is 8.89. The van der Waals surface area contributed by atoms with Crippen molar-refractivity contribution < 1.29 is 14.4 Å². The number of amides is 1. The number of rotatable bonds is 3. The Morgan fingerprint density at radius 2 is 2.10 bits per heavy atom. The second-order valence-corrected chi connectivity index (χ2v) is 5.73. The molecule has 0 spiro atoms. The Morgan fingerprint density at radius 1 is 1.43 bits per heavy atom. The molecule has 3 atom stereocenters. The summed E-state index contributed by atoms with van der Waals surface area (Å²) in [5, 5.41) is 11.8. The zero-order valence-corrected chi connectivity index (χ0v) is 12.7. The van der Waals surface area contributed by atoms with E-state index in [0.717, 1.165) is 13.1 Å². The van der Waals surface area contributed by atoms with Gasteiger partial charge < -0.3 is 15.0 Å². The van der Waals surface area contributed by atoms with Gasteiger partial charge in [0.05, 0.1) is 11.6 Å². The van der Waals surface area contributed by atoms with E-state index in [4.69, 9.17) is 10.00 Å². The van der Waals surface area contributed by atoms with Crippen LogP contribution in [0.2, 0.25) is 0 Å². The maximum Gasteiger partial charge on any atom is 0.282 e. The average molecular weight is 288 g/mol. The Balaban J connectivity index is 2.00. The Kier molecular flexibility index (Phi) is 4.94. The number of nitriles is 1. The second-order valence-electron chi connectivity index (χ2n) is 5.73. The maximum absolute atomic E-state index is 12.4. The van der Waals surface area contributed by atoms with E-state index >= 15 is 0 Å². The fourth-order valence-electron chi connectivity index (χ4n) is 2.77. The van der Waals surface area contributed by atoms with Crippen molar-refractivity contribution >= 4 is 11.6 Å². The summed E-state index contributed by atoms with van der Waals surface area (Å²) in [6.07, 6.45) is 0.335. The van der Waals surface area contributed by atoms with Crippen LogP contribution in [0.5, 0.6) is 0 Å². The van der Waals surface area contributed by atoms with Crippen molar-refractivity contribution in [3.8, 4) is 6.07 Å². The van der Waals surface area contributed by atoms with Gasteiger partial charge in [-0.25, -0.2) is 0 Å². The van der Waals surface area contributed by atoms with Gasteiger partial charge in [0.25, 0.3) is 5.91 Å². The normalized spacial score (nSPS) is 26.7. The molecule has 0 aliphatic carbocycles. The standard InChI is InChI=1S/C16H21N3O2/c1-11-9-19(10-12(2)21-11)13(3)16(20)18-15-6-4-5-14(7-15)8-17/h4-7,11-13H,9-10H2,1-3H3,(H,18,20)/p+1/t11-,12-,13+/m1/s1. The first-order valence-corrected chi connectivity index (χ1v) is 7.30. The minimum Gasteiger partial charge on any atom is -0.364 e. The summed E-state index contributed by atoms with van der Waals surface area (Å²) in [4.78, 5) is 13.6. The van der Waals surface area contributed by atoms with Gasteiger partial charge in [-0.05, 0) is 39.0 Å². The molecule has 1 heterocycles. The average Bonchev–Trinajstić information content (AvgIpc) is 2.45. The lowest BCUT2D eigenvalue weighted by molar-refractivity contribution is -0.928. The first kappa shape index (κ1) is 15.5. The molecule has 0 aromatic heterocycles. The molecule has 1 aliphatic rings. The van der Waals surface area contributed by atoms with Gasteiger partial charge in [0.1, 0.15) is 25.3 Å². The number of carbonyl (C=O) groups is 1. The number of hydrogen-bond donors (Lipinski definition) is 2. The summed E-state index contributed by atoms with van der Waals surface area (Å²) in [5.41, 5.74) is 1.21. The fourth-order valence-corrected chi connectivity index (χ4v) is 2.77. The maximum atomic E-state index is 12.4. The number of benzene rings is 1. The highest BCUT2D eigenvalue weighted by molar-refractivity contribution is 5.93. The van der Waals surface area contributed by atoms with Crippen LogP contribution in [0.3, 0.4) is 0 Å². The second kappa shape index (κ2) is 6.70. The molecule has 112 valence electrons. The quantitative estimate of drug-likeness (QED) is 0.855. The number of ether oxygens (including phenoxy) is 1. The van der Waals surface area contributed by atoms with E-state index in [-0.39, 0.29) is 24.2 Å². The van der Waals surface area contributed by atoms with Crippen molar-refractivity contribution in [1.29, 1.82) is 5.26 Å². The van der Waals surface area contributed by atoms with Crippen LogP contribution in [0.4, 0.5) is 5.69 Å². The highest BCUT2D eigenvalue weighted by Gasteiger charge is 2.32. The molecule has 1 aromatic rings. The van der Waals surface area contributed by atoms with Crippen molar-refractivity contribution in [2.75, 3.05) is 18.4 Å². The third-order valence-corrected chi connectivity index (χ3v) is 3.83. The molecule has 1 aliphatic heterocycles. The van der Waals surface area contributed by atoms with E-state index in [9.17, 15) is 4.79 Å². The number of morpholine rings is 1. The Labute approximate surface area is 125 Å². The Morgan fingerprint density at radius 3 is 2.71 bits per heavy atom. The van der Waals surface area contributed by atoms with Gasteiger partial charge >= 0.3 is 0 Å². The minimum atomic E-state index is -0.149. The lowest BCUT2D eigenvalue weighted by Gasteiger charge is -2.35. The van der Waals surface area contributed by atoms with E-state index in [1.165, 1.54) is 4.90 Å². The van der Waals surface area contributed by atoms with Crippen LogP contribution in [0.25, 0.3) is 0 Å². The Bertz CT molecular complexity index is 543. The molecule has 0 saturated carbocycles. The Hall–Kier alpha value is -1.90. The molecule has 1 saturated heterocycles. The smallest absolute Gasteiger partial charge is 0.282 e. The molecule has 1 aromatic carbocycles.